The molecule has 0 aromatic heterocycles. The van der Waals surface area contributed by atoms with Crippen LogP contribution in [0.5, 0.6) is 0 Å². The summed E-state index contributed by atoms with van der Waals surface area (Å²) in [5.74, 6) is 0. The third kappa shape index (κ3) is 3.45. The highest BCUT2D eigenvalue weighted by Gasteiger charge is 2.43. The van der Waals surface area contributed by atoms with Crippen molar-refractivity contribution in [3.8, 4) is 0 Å². The number of phosphoric acid groups is 1. The number of rotatable bonds is 3. The van der Waals surface area contributed by atoms with Crippen LogP contribution in [-0.4, -0.2) is 67.5 Å². The Morgan fingerprint density at radius 1 is 1.06 bits per heavy atom. The van der Waals surface area contributed by atoms with E-state index in [1.807, 2.05) is 0 Å². The lowest BCUT2D eigenvalue weighted by atomic mass is 10.00. The highest BCUT2D eigenvalue weighted by atomic mass is 31.2. The fraction of sp³-hybridized carbons (Fsp3) is 1.00. The molecule has 0 spiro atoms. The van der Waals surface area contributed by atoms with Crippen LogP contribution in [0.15, 0.2) is 0 Å². The van der Waals surface area contributed by atoms with Crippen LogP contribution in [0.3, 0.4) is 0 Å². The van der Waals surface area contributed by atoms with Crippen LogP contribution < -0.4 is 0 Å². The lowest BCUT2D eigenvalue weighted by Crippen LogP contribution is -2.58. The van der Waals surface area contributed by atoms with Gasteiger partial charge in [-0.1, -0.05) is 0 Å². The smallest absolute Gasteiger partial charge is 0.387 e. The third-order valence-electron chi connectivity index (χ3n) is 2.09. The largest absolute Gasteiger partial charge is 0.469 e. The summed E-state index contributed by atoms with van der Waals surface area (Å²) in [4.78, 5) is 16.8. The minimum Gasteiger partial charge on any atom is -0.387 e. The van der Waals surface area contributed by atoms with Crippen LogP contribution in [0.2, 0.25) is 0 Å². The summed E-state index contributed by atoms with van der Waals surface area (Å²) in [6, 6.07) is 0. The molecule has 96 valence electrons. The summed E-state index contributed by atoms with van der Waals surface area (Å²) in [6.45, 7) is -0.730. The lowest BCUT2D eigenvalue weighted by molar-refractivity contribution is -0.285. The molecule has 9 nitrogen and oxygen atoms in total. The Bertz CT molecular complexity index is 277. The SMILES string of the molecule is O=P(O)(O)OC[C@@H]1OC(O)[C@@H](O)[C@@H](O)[C@H]1O. The minimum absolute atomic E-state index is 0.730. The van der Waals surface area contributed by atoms with Crippen molar-refractivity contribution in [3.05, 3.63) is 0 Å². The van der Waals surface area contributed by atoms with E-state index >= 15 is 0 Å². The first-order valence-corrected chi connectivity index (χ1v) is 5.83. The molecule has 0 aromatic carbocycles. The Hall–Kier alpha value is -0.0900. The van der Waals surface area contributed by atoms with Gasteiger partial charge in [-0.05, 0) is 0 Å². The number of aliphatic hydroxyl groups is 4. The van der Waals surface area contributed by atoms with E-state index < -0.39 is 45.1 Å². The number of phosphoric ester groups is 1. The Morgan fingerprint density at radius 3 is 2.12 bits per heavy atom. The van der Waals surface area contributed by atoms with Crippen molar-refractivity contribution >= 4 is 7.82 Å². The predicted octanol–water partition coefficient (Wildman–Crippen LogP) is -3.10. The molecule has 10 heteroatoms. The lowest BCUT2D eigenvalue weighted by Gasteiger charge is -2.38. The van der Waals surface area contributed by atoms with E-state index in [4.69, 9.17) is 20.0 Å². The first-order chi connectivity index (χ1) is 7.22. The summed E-state index contributed by atoms with van der Waals surface area (Å²) in [7, 11) is -4.73. The van der Waals surface area contributed by atoms with E-state index in [0.29, 0.717) is 0 Å². The predicted molar refractivity (Wildman–Crippen MR) is 46.9 cm³/mol. The molecule has 16 heavy (non-hydrogen) atoms. The van der Waals surface area contributed by atoms with Gasteiger partial charge in [0.1, 0.15) is 24.4 Å². The molecular weight excluding hydrogens is 247 g/mol. The standard InChI is InChI=1S/C6H13O9P/c7-3-2(1-14-16(11,12)13)15-6(10)5(9)4(3)8/h2-10H,1H2,(H2,11,12,13)/t2-,3-,4-,5-,6?/m0/s1. The van der Waals surface area contributed by atoms with E-state index in [9.17, 15) is 14.8 Å². The van der Waals surface area contributed by atoms with Gasteiger partial charge in [0.25, 0.3) is 0 Å². The summed E-state index contributed by atoms with van der Waals surface area (Å²) < 4.78 is 19.0. The molecule has 1 unspecified atom stereocenters. The molecular formula is C6H13O9P. The van der Waals surface area contributed by atoms with Gasteiger partial charge in [0.05, 0.1) is 6.61 Å². The van der Waals surface area contributed by atoms with Crippen molar-refractivity contribution in [1.29, 1.82) is 0 Å². The Labute approximate surface area is 90.1 Å². The third-order valence-corrected chi connectivity index (χ3v) is 2.58. The zero-order chi connectivity index (χ0) is 12.5. The van der Waals surface area contributed by atoms with Gasteiger partial charge in [-0.15, -0.1) is 0 Å². The topological polar surface area (TPSA) is 157 Å². The van der Waals surface area contributed by atoms with Crippen molar-refractivity contribution in [1.82, 2.24) is 0 Å². The molecule has 1 aliphatic heterocycles. The second-order valence-corrected chi connectivity index (χ2v) is 4.56. The normalized spacial score (nSPS) is 41.0. The second-order valence-electron chi connectivity index (χ2n) is 3.32. The Kier molecular flexibility index (Phi) is 4.41. The molecule has 0 saturated carbocycles. The summed E-state index contributed by atoms with van der Waals surface area (Å²) in [5, 5.41) is 36.7. The zero-order valence-corrected chi connectivity index (χ0v) is 8.84. The average Bonchev–Trinajstić information content (AvgIpc) is 2.17. The molecule has 0 aromatic rings. The first kappa shape index (κ1) is 14.0. The maximum absolute atomic E-state index is 10.4. The molecule has 1 saturated heterocycles. The quantitative estimate of drug-likeness (QED) is 0.289. The van der Waals surface area contributed by atoms with E-state index in [1.54, 1.807) is 0 Å². The number of ether oxygens (including phenoxy) is 1. The van der Waals surface area contributed by atoms with Crippen molar-refractivity contribution in [2.24, 2.45) is 0 Å². The Morgan fingerprint density at radius 2 is 1.62 bits per heavy atom. The van der Waals surface area contributed by atoms with Crippen molar-refractivity contribution in [3.63, 3.8) is 0 Å². The fourth-order valence-corrected chi connectivity index (χ4v) is 1.58. The monoisotopic (exact) mass is 260 g/mol. The van der Waals surface area contributed by atoms with Gasteiger partial charge in [0.2, 0.25) is 0 Å². The van der Waals surface area contributed by atoms with E-state index in [-0.39, 0.29) is 0 Å². The fourth-order valence-electron chi connectivity index (χ4n) is 1.24. The van der Waals surface area contributed by atoms with Gasteiger partial charge in [0, 0.05) is 0 Å². The van der Waals surface area contributed by atoms with Crippen LogP contribution in [-0.2, 0) is 13.8 Å². The van der Waals surface area contributed by atoms with Gasteiger partial charge >= 0.3 is 7.82 Å². The molecule has 1 rings (SSSR count). The van der Waals surface area contributed by atoms with E-state index in [0.717, 1.165) is 0 Å². The van der Waals surface area contributed by atoms with Crippen LogP contribution in [0.4, 0.5) is 0 Å². The van der Waals surface area contributed by atoms with Crippen molar-refractivity contribution in [2.45, 2.75) is 30.7 Å². The van der Waals surface area contributed by atoms with Crippen molar-refractivity contribution < 1.29 is 44.0 Å². The van der Waals surface area contributed by atoms with Crippen molar-refractivity contribution in [2.75, 3.05) is 6.61 Å². The van der Waals surface area contributed by atoms with Gasteiger partial charge in [-0.25, -0.2) is 4.57 Å². The summed E-state index contributed by atoms with van der Waals surface area (Å²) in [5.41, 5.74) is 0. The maximum Gasteiger partial charge on any atom is 0.469 e. The minimum atomic E-state index is -4.73. The molecule has 6 N–H and O–H groups in total. The molecule has 0 bridgehead atoms. The number of aliphatic hydroxyl groups excluding tert-OH is 4. The van der Waals surface area contributed by atoms with Crippen LogP contribution in [0, 0.1) is 0 Å². The zero-order valence-electron chi connectivity index (χ0n) is 7.95. The Balaban J connectivity index is 2.57. The number of hydrogen-bond donors (Lipinski definition) is 6. The van der Waals surface area contributed by atoms with Gasteiger partial charge in [0.15, 0.2) is 6.29 Å². The maximum atomic E-state index is 10.4. The highest BCUT2D eigenvalue weighted by molar-refractivity contribution is 7.46. The van der Waals surface area contributed by atoms with Crippen LogP contribution in [0.25, 0.3) is 0 Å². The molecule has 0 amide bonds. The molecule has 5 atom stereocenters. The van der Waals surface area contributed by atoms with Gasteiger partial charge in [-0.3, -0.25) is 4.52 Å². The van der Waals surface area contributed by atoms with E-state index in [2.05, 4.69) is 9.26 Å². The molecule has 0 radical (unpaired) electrons. The van der Waals surface area contributed by atoms with Gasteiger partial charge < -0.3 is 34.9 Å². The average molecular weight is 260 g/mol. The molecule has 1 fully saturated rings. The number of hydrogen-bond acceptors (Lipinski definition) is 7. The first-order valence-electron chi connectivity index (χ1n) is 4.30. The van der Waals surface area contributed by atoms with E-state index in [1.165, 1.54) is 0 Å². The molecule has 1 aliphatic rings. The highest BCUT2D eigenvalue weighted by Crippen LogP contribution is 2.36. The van der Waals surface area contributed by atoms with Gasteiger partial charge in [-0.2, -0.15) is 0 Å². The second kappa shape index (κ2) is 5.05. The molecule has 0 aliphatic carbocycles. The summed E-state index contributed by atoms with van der Waals surface area (Å²) >= 11 is 0. The van der Waals surface area contributed by atoms with Crippen LogP contribution in [0.1, 0.15) is 0 Å². The molecule has 1 heterocycles. The van der Waals surface area contributed by atoms with Crippen LogP contribution >= 0.6 is 7.82 Å². The summed E-state index contributed by atoms with van der Waals surface area (Å²) in [6.07, 6.45) is -8.11.